The normalized spacial score (nSPS) is 12.0. The Morgan fingerprint density at radius 3 is 1.64 bits per heavy atom. The summed E-state index contributed by atoms with van der Waals surface area (Å²) in [5.74, 6) is -0.718. The standard InChI is InChI=1S/C20H34O2/c1-2-3-4-5-6-7-8-9-10-11-12-13-14-15-16-17-18-19-20(21)22/h3-4,11-12,16-17H,2,5-10,13-15,18-19H2,1H3,(H,21,22). The van der Waals surface area contributed by atoms with Crippen LogP contribution in [0.5, 0.6) is 0 Å². The van der Waals surface area contributed by atoms with Gasteiger partial charge in [0.25, 0.3) is 0 Å². The fourth-order valence-corrected chi connectivity index (χ4v) is 2.19. The number of carboxylic acids is 1. The third-order valence-electron chi connectivity index (χ3n) is 3.49. The van der Waals surface area contributed by atoms with Crippen molar-refractivity contribution in [3.8, 4) is 0 Å². The van der Waals surface area contributed by atoms with E-state index >= 15 is 0 Å². The van der Waals surface area contributed by atoms with Crippen LogP contribution < -0.4 is 0 Å². The molecular formula is C20H34O2. The minimum Gasteiger partial charge on any atom is -0.481 e. The molecule has 0 saturated carbocycles. The van der Waals surface area contributed by atoms with E-state index in [4.69, 9.17) is 5.11 Å². The van der Waals surface area contributed by atoms with Gasteiger partial charge in [-0.05, 0) is 57.8 Å². The van der Waals surface area contributed by atoms with E-state index in [9.17, 15) is 4.79 Å². The average Bonchev–Trinajstić information content (AvgIpc) is 2.50. The molecule has 1 N–H and O–H groups in total. The third-order valence-corrected chi connectivity index (χ3v) is 3.49. The maximum Gasteiger partial charge on any atom is 0.303 e. The molecule has 0 aromatic rings. The largest absolute Gasteiger partial charge is 0.481 e. The Morgan fingerprint density at radius 2 is 1.14 bits per heavy atom. The lowest BCUT2D eigenvalue weighted by Crippen LogP contribution is -1.91. The third kappa shape index (κ3) is 18.7. The molecule has 0 rings (SSSR count). The van der Waals surface area contributed by atoms with Crippen LogP contribution in [0.15, 0.2) is 36.5 Å². The summed E-state index contributed by atoms with van der Waals surface area (Å²) in [6.07, 6.45) is 26.4. The maximum atomic E-state index is 10.3. The molecular weight excluding hydrogens is 272 g/mol. The van der Waals surface area contributed by atoms with E-state index in [1.54, 1.807) is 0 Å². The summed E-state index contributed by atoms with van der Waals surface area (Å²) in [5, 5.41) is 8.49. The van der Waals surface area contributed by atoms with Crippen LogP contribution in [0, 0.1) is 0 Å². The highest BCUT2D eigenvalue weighted by Gasteiger charge is 1.91. The van der Waals surface area contributed by atoms with E-state index in [-0.39, 0.29) is 6.42 Å². The average molecular weight is 306 g/mol. The molecule has 2 heteroatoms. The second kappa shape index (κ2) is 17.7. The molecule has 0 bridgehead atoms. The topological polar surface area (TPSA) is 37.3 Å². The molecule has 126 valence electrons. The molecule has 0 fully saturated rings. The molecule has 0 radical (unpaired) electrons. The zero-order valence-electron chi connectivity index (χ0n) is 14.3. The van der Waals surface area contributed by atoms with Crippen molar-refractivity contribution in [2.24, 2.45) is 0 Å². The molecule has 0 aliphatic heterocycles. The van der Waals surface area contributed by atoms with E-state index in [2.05, 4.69) is 37.3 Å². The first-order valence-electron chi connectivity index (χ1n) is 8.94. The lowest BCUT2D eigenvalue weighted by molar-refractivity contribution is -0.136. The van der Waals surface area contributed by atoms with Gasteiger partial charge in [-0.15, -0.1) is 0 Å². The van der Waals surface area contributed by atoms with Crippen LogP contribution in [-0.4, -0.2) is 11.1 Å². The second-order valence-electron chi connectivity index (χ2n) is 5.68. The Hall–Kier alpha value is -1.31. The van der Waals surface area contributed by atoms with E-state index in [1.165, 1.54) is 38.5 Å². The van der Waals surface area contributed by atoms with Crippen molar-refractivity contribution in [2.45, 2.75) is 84.0 Å². The first-order chi connectivity index (χ1) is 10.8. The highest BCUT2D eigenvalue weighted by atomic mass is 16.4. The van der Waals surface area contributed by atoms with Gasteiger partial charge in [-0.25, -0.2) is 0 Å². The summed E-state index contributed by atoms with van der Waals surface area (Å²) in [5.41, 5.74) is 0. The van der Waals surface area contributed by atoms with Crippen LogP contribution in [-0.2, 0) is 4.79 Å². The van der Waals surface area contributed by atoms with Gasteiger partial charge in [-0.2, -0.15) is 0 Å². The number of carbonyl (C=O) groups is 1. The Balaban J connectivity index is 3.21. The van der Waals surface area contributed by atoms with Crippen molar-refractivity contribution in [3.63, 3.8) is 0 Å². The molecule has 0 aromatic carbocycles. The smallest absolute Gasteiger partial charge is 0.303 e. The van der Waals surface area contributed by atoms with Gasteiger partial charge in [-0.1, -0.05) is 56.2 Å². The lowest BCUT2D eigenvalue weighted by Gasteiger charge is -1.97. The highest BCUT2D eigenvalue weighted by Crippen LogP contribution is 2.07. The molecule has 0 amide bonds. The minimum atomic E-state index is -0.718. The molecule has 0 aliphatic rings. The summed E-state index contributed by atoms with van der Waals surface area (Å²) < 4.78 is 0. The lowest BCUT2D eigenvalue weighted by atomic mass is 10.1. The van der Waals surface area contributed by atoms with E-state index < -0.39 is 5.97 Å². The van der Waals surface area contributed by atoms with Crippen molar-refractivity contribution in [2.75, 3.05) is 0 Å². The molecule has 0 saturated heterocycles. The van der Waals surface area contributed by atoms with Crippen molar-refractivity contribution >= 4 is 5.97 Å². The summed E-state index contributed by atoms with van der Waals surface area (Å²) in [6, 6.07) is 0. The van der Waals surface area contributed by atoms with Crippen LogP contribution in [0.25, 0.3) is 0 Å². The molecule has 0 heterocycles. The SMILES string of the molecule is CCC=CCCCCCCC=CCCCC=CCCC(=O)O. The number of carboxylic acid groups (broad SMARTS) is 1. The van der Waals surface area contributed by atoms with Crippen molar-refractivity contribution < 1.29 is 9.90 Å². The predicted molar refractivity (Wildman–Crippen MR) is 96.1 cm³/mol. The number of rotatable bonds is 15. The first-order valence-corrected chi connectivity index (χ1v) is 8.94. The minimum absolute atomic E-state index is 0.241. The van der Waals surface area contributed by atoms with E-state index in [0.29, 0.717) is 6.42 Å². The number of hydrogen-bond donors (Lipinski definition) is 1. The number of allylic oxidation sites excluding steroid dienone is 6. The molecule has 0 aromatic heterocycles. The van der Waals surface area contributed by atoms with Crippen LogP contribution in [0.3, 0.4) is 0 Å². The quantitative estimate of drug-likeness (QED) is 0.279. The Bertz CT molecular complexity index is 327. The Labute approximate surface area is 137 Å². The van der Waals surface area contributed by atoms with Gasteiger partial charge in [0, 0.05) is 6.42 Å². The van der Waals surface area contributed by atoms with Gasteiger partial charge in [0.1, 0.15) is 0 Å². The van der Waals surface area contributed by atoms with E-state index in [1.807, 2.05) is 6.08 Å². The number of hydrogen-bond acceptors (Lipinski definition) is 1. The molecule has 0 spiro atoms. The number of aliphatic carboxylic acids is 1. The van der Waals surface area contributed by atoms with Crippen molar-refractivity contribution in [1.82, 2.24) is 0 Å². The summed E-state index contributed by atoms with van der Waals surface area (Å²) in [6.45, 7) is 2.18. The number of unbranched alkanes of at least 4 members (excludes halogenated alkanes) is 7. The summed E-state index contributed by atoms with van der Waals surface area (Å²) in [7, 11) is 0. The summed E-state index contributed by atoms with van der Waals surface area (Å²) in [4.78, 5) is 10.3. The summed E-state index contributed by atoms with van der Waals surface area (Å²) >= 11 is 0. The Morgan fingerprint density at radius 1 is 0.682 bits per heavy atom. The Kier molecular flexibility index (Phi) is 16.7. The molecule has 0 atom stereocenters. The van der Waals surface area contributed by atoms with Gasteiger partial charge < -0.3 is 5.11 Å². The van der Waals surface area contributed by atoms with Crippen molar-refractivity contribution in [3.05, 3.63) is 36.5 Å². The zero-order valence-corrected chi connectivity index (χ0v) is 14.3. The van der Waals surface area contributed by atoms with Crippen LogP contribution >= 0.6 is 0 Å². The molecule has 22 heavy (non-hydrogen) atoms. The van der Waals surface area contributed by atoms with Crippen LogP contribution in [0.4, 0.5) is 0 Å². The van der Waals surface area contributed by atoms with Gasteiger partial charge in [0.05, 0.1) is 0 Å². The first kappa shape index (κ1) is 20.7. The van der Waals surface area contributed by atoms with Crippen molar-refractivity contribution in [1.29, 1.82) is 0 Å². The monoisotopic (exact) mass is 306 g/mol. The maximum absolute atomic E-state index is 10.3. The van der Waals surface area contributed by atoms with Gasteiger partial charge in [-0.3, -0.25) is 4.79 Å². The fourth-order valence-electron chi connectivity index (χ4n) is 2.19. The zero-order chi connectivity index (χ0) is 16.3. The predicted octanol–water partition coefficient (Wildman–Crippen LogP) is 6.44. The molecule has 0 unspecified atom stereocenters. The molecule has 0 aliphatic carbocycles. The van der Waals surface area contributed by atoms with Gasteiger partial charge in [0.2, 0.25) is 0 Å². The highest BCUT2D eigenvalue weighted by molar-refractivity contribution is 5.66. The fraction of sp³-hybridized carbons (Fsp3) is 0.650. The molecule has 2 nitrogen and oxygen atoms in total. The van der Waals surface area contributed by atoms with Gasteiger partial charge >= 0.3 is 5.97 Å². The van der Waals surface area contributed by atoms with Gasteiger partial charge in [0.15, 0.2) is 0 Å². The van der Waals surface area contributed by atoms with Crippen LogP contribution in [0.2, 0.25) is 0 Å². The second-order valence-corrected chi connectivity index (χ2v) is 5.68. The van der Waals surface area contributed by atoms with E-state index in [0.717, 1.165) is 25.7 Å². The van der Waals surface area contributed by atoms with Crippen LogP contribution in [0.1, 0.15) is 84.0 Å².